The van der Waals surface area contributed by atoms with Crippen molar-refractivity contribution < 1.29 is 4.39 Å². The van der Waals surface area contributed by atoms with Gasteiger partial charge in [-0.05, 0) is 15.7 Å². The van der Waals surface area contributed by atoms with Crippen LogP contribution in [0.25, 0.3) is 0 Å². The summed E-state index contributed by atoms with van der Waals surface area (Å²) in [5.74, 6) is -0.903. The minimum absolute atomic E-state index is 0.624. The first kappa shape index (κ1) is 14.4. The molecule has 1 unspecified atom stereocenters. The lowest BCUT2D eigenvalue weighted by molar-refractivity contribution is 0.410. The molecule has 0 aromatic heterocycles. The van der Waals surface area contributed by atoms with E-state index < -0.39 is 5.91 Å². The van der Waals surface area contributed by atoms with E-state index in [2.05, 4.69) is 16.2 Å². The average molecular weight is 218 g/mol. The first-order valence-corrected chi connectivity index (χ1v) is 6.61. The molecule has 14 heavy (non-hydrogen) atoms. The van der Waals surface area contributed by atoms with Gasteiger partial charge in [0.2, 0.25) is 0 Å². The second-order valence-electron chi connectivity index (χ2n) is 4.05. The van der Waals surface area contributed by atoms with Crippen molar-refractivity contribution in [1.29, 1.82) is 0 Å². The van der Waals surface area contributed by atoms with Gasteiger partial charge in [0, 0.05) is 0 Å². The van der Waals surface area contributed by atoms with Crippen LogP contribution >= 0.6 is 9.24 Å². The molecule has 0 nitrogen and oxygen atoms in total. The summed E-state index contributed by atoms with van der Waals surface area (Å²) in [6.07, 6.45) is 12.2. The topological polar surface area (TPSA) is 0 Å². The summed E-state index contributed by atoms with van der Waals surface area (Å²) in [5, 5.41) is 0. The zero-order valence-corrected chi connectivity index (χ0v) is 10.4. The Balaban J connectivity index is 2.85. The molecular formula is C12H24FP. The standard InChI is InChI=1S/C12H24FP/c1-2-3-4-5-6-7-8-9-10-11-12(13)14/h12H,2-11H2,1H3. The van der Waals surface area contributed by atoms with Gasteiger partial charge in [-0.1, -0.05) is 64.7 Å². The van der Waals surface area contributed by atoms with Crippen LogP contribution < -0.4 is 0 Å². The zero-order valence-electron chi connectivity index (χ0n) is 9.47. The number of alkyl halides is 1. The molecule has 0 aromatic carbocycles. The van der Waals surface area contributed by atoms with Crippen molar-refractivity contribution in [1.82, 2.24) is 0 Å². The average Bonchev–Trinajstić information content (AvgIpc) is 2.15. The Hall–Kier alpha value is 0.360. The predicted molar refractivity (Wildman–Crippen MR) is 63.7 cm³/mol. The van der Waals surface area contributed by atoms with Gasteiger partial charge in [-0.15, -0.1) is 0 Å². The van der Waals surface area contributed by atoms with E-state index in [0.29, 0.717) is 6.42 Å². The maximum absolute atomic E-state index is 12.3. The minimum Gasteiger partial charge on any atom is -0.242 e. The summed E-state index contributed by atoms with van der Waals surface area (Å²) in [6, 6.07) is 0. The smallest absolute Gasteiger partial charge is 0.128 e. The predicted octanol–water partition coefficient (Wildman–Crippen LogP) is 5.61. The molecule has 0 N–H and O–H groups in total. The van der Waals surface area contributed by atoms with Gasteiger partial charge >= 0.3 is 0 Å². The number of unbranched alkanes of at least 4 members (excludes halogenated alkanes) is 8. The van der Waals surface area contributed by atoms with Crippen LogP contribution in [0.4, 0.5) is 4.39 Å². The molecule has 0 heterocycles. The van der Waals surface area contributed by atoms with Gasteiger partial charge in [-0.2, -0.15) is 0 Å². The molecule has 0 fully saturated rings. The van der Waals surface area contributed by atoms with Crippen LogP contribution in [0.2, 0.25) is 0 Å². The fourth-order valence-corrected chi connectivity index (χ4v) is 1.81. The van der Waals surface area contributed by atoms with E-state index in [9.17, 15) is 4.39 Å². The summed E-state index contributed by atoms with van der Waals surface area (Å²) >= 11 is 0. The van der Waals surface area contributed by atoms with E-state index in [0.717, 1.165) is 6.42 Å². The van der Waals surface area contributed by atoms with Gasteiger partial charge in [0.05, 0.1) is 0 Å². The summed E-state index contributed by atoms with van der Waals surface area (Å²) in [7, 11) is 3.71. The van der Waals surface area contributed by atoms with E-state index in [1.165, 1.54) is 51.4 Å². The molecule has 0 aliphatic carbocycles. The van der Waals surface area contributed by atoms with Gasteiger partial charge in [0.1, 0.15) is 5.91 Å². The molecule has 2 radical (unpaired) electrons. The Morgan fingerprint density at radius 1 is 0.857 bits per heavy atom. The van der Waals surface area contributed by atoms with Gasteiger partial charge < -0.3 is 0 Å². The third-order valence-corrected chi connectivity index (χ3v) is 2.80. The molecule has 0 saturated carbocycles. The van der Waals surface area contributed by atoms with Crippen molar-refractivity contribution in [2.45, 2.75) is 77.0 Å². The Morgan fingerprint density at radius 3 is 1.71 bits per heavy atom. The molecule has 0 rings (SSSR count). The maximum atomic E-state index is 12.3. The second kappa shape index (κ2) is 11.4. The first-order chi connectivity index (χ1) is 6.77. The van der Waals surface area contributed by atoms with E-state index >= 15 is 0 Å². The van der Waals surface area contributed by atoms with Crippen LogP contribution in [0, 0.1) is 0 Å². The third-order valence-electron chi connectivity index (χ3n) is 2.55. The molecule has 0 spiro atoms. The normalized spacial score (nSPS) is 13.1. The van der Waals surface area contributed by atoms with Gasteiger partial charge in [0.15, 0.2) is 0 Å². The van der Waals surface area contributed by atoms with E-state index in [1.54, 1.807) is 0 Å². The number of hydrogen-bond acceptors (Lipinski definition) is 0. The molecule has 0 amide bonds. The molecule has 0 saturated heterocycles. The third kappa shape index (κ3) is 12.4. The Labute approximate surface area is 91.2 Å². The monoisotopic (exact) mass is 218 g/mol. The highest BCUT2D eigenvalue weighted by molar-refractivity contribution is 7.17. The molecule has 1 atom stereocenters. The molecule has 0 aliphatic rings. The molecule has 2 heteroatoms. The summed E-state index contributed by atoms with van der Waals surface area (Å²) in [4.78, 5) is 0. The highest BCUT2D eigenvalue weighted by Crippen LogP contribution is 2.14. The Bertz CT molecular complexity index is 104. The number of halogens is 1. The fourth-order valence-electron chi connectivity index (χ4n) is 1.62. The van der Waals surface area contributed by atoms with Crippen LogP contribution in [0.1, 0.15) is 71.1 Å². The lowest BCUT2D eigenvalue weighted by Gasteiger charge is -2.02. The highest BCUT2D eigenvalue weighted by atomic mass is 31.0. The summed E-state index contributed by atoms with van der Waals surface area (Å²) in [5.41, 5.74) is 0. The zero-order chi connectivity index (χ0) is 10.6. The molecule has 84 valence electrons. The van der Waals surface area contributed by atoms with Crippen molar-refractivity contribution in [3.63, 3.8) is 0 Å². The molecular weight excluding hydrogens is 194 g/mol. The largest absolute Gasteiger partial charge is 0.242 e. The molecule has 0 aliphatic heterocycles. The van der Waals surface area contributed by atoms with Crippen LogP contribution in [-0.2, 0) is 0 Å². The van der Waals surface area contributed by atoms with E-state index in [4.69, 9.17) is 0 Å². The maximum Gasteiger partial charge on any atom is 0.128 e. The van der Waals surface area contributed by atoms with Gasteiger partial charge in [0.25, 0.3) is 0 Å². The van der Waals surface area contributed by atoms with Gasteiger partial charge in [-0.25, -0.2) is 4.39 Å². The lowest BCUT2D eigenvalue weighted by atomic mass is 10.1. The molecule has 0 aromatic rings. The van der Waals surface area contributed by atoms with Crippen molar-refractivity contribution in [2.24, 2.45) is 0 Å². The quantitative estimate of drug-likeness (QED) is 0.330. The van der Waals surface area contributed by atoms with E-state index in [1.807, 2.05) is 0 Å². The van der Waals surface area contributed by atoms with Crippen LogP contribution in [0.3, 0.4) is 0 Å². The van der Waals surface area contributed by atoms with Crippen LogP contribution in [0.15, 0.2) is 0 Å². The fraction of sp³-hybridized carbons (Fsp3) is 1.00. The van der Waals surface area contributed by atoms with Crippen molar-refractivity contribution in [2.75, 3.05) is 0 Å². The van der Waals surface area contributed by atoms with E-state index in [-0.39, 0.29) is 0 Å². The summed E-state index contributed by atoms with van der Waals surface area (Å²) in [6.45, 7) is 2.24. The number of rotatable bonds is 10. The van der Waals surface area contributed by atoms with Crippen molar-refractivity contribution in [3.8, 4) is 0 Å². The van der Waals surface area contributed by atoms with Crippen molar-refractivity contribution in [3.05, 3.63) is 0 Å². The second-order valence-corrected chi connectivity index (χ2v) is 4.61. The lowest BCUT2D eigenvalue weighted by Crippen LogP contribution is -1.87. The number of hydrogen-bond donors (Lipinski definition) is 0. The Kier molecular flexibility index (Phi) is 11.7. The van der Waals surface area contributed by atoms with Gasteiger partial charge in [-0.3, -0.25) is 0 Å². The Morgan fingerprint density at radius 2 is 1.29 bits per heavy atom. The molecule has 0 bridgehead atoms. The SMILES string of the molecule is CCCCCCCCCCCC(F)[P]. The summed E-state index contributed by atoms with van der Waals surface area (Å²) < 4.78 is 12.3. The van der Waals surface area contributed by atoms with Crippen molar-refractivity contribution >= 4 is 9.24 Å². The van der Waals surface area contributed by atoms with Crippen LogP contribution in [0.5, 0.6) is 0 Å². The minimum atomic E-state index is -0.903. The first-order valence-electron chi connectivity index (χ1n) is 6.09. The highest BCUT2D eigenvalue weighted by Gasteiger charge is 1.98. The van der Waals surface area contributed by atoms with Crippen LogP contribution in [-0.4, -0.2) is 5.91 Å².